The van der Waals surface area contributed by atoms with Crippen molar-refractivity contribution in [2.24, 2.45) is 0 Å². The second kappa shape index (κ2) is 9.36. The Morgan fingerprint density at radius 3 is 2.56 bits per heavy atom. The third-order valence-corrected chi connectivity index (χ3v) is 4.50. The number of halogens is 1. The van der Waals surface area contributed by atoms with E-state index in [4.69, 9.17) is 16.7 Å². The lowest BCUT2D eigenvalue weighted by Gasteiger charge is -2.15. The zero-order chi connectivity index (χ0) is 20.0. The molecular weight excluding hydrogens is 374 g/mol. The van der Waals surface area contributed by atoms with Crippen molar-refractivity contribution in [3.05, 3.63) is 29.3 Å². The third-order valence-electron chi connectivity index (χ3n) is 4.24. The molecule has 0 bridgehead atoms. The summed E-state index contributed by atoms with van der Waals surface area (Å²) in [6.07, 6.45) is 1.87. The Morgan fingerprint density at radius 2 is 1.96 bits per heavy atom. The quantitative estimate of drug-likeness (QED) is 0.555. The highest BCUT2D eigenvalue weighted by molar-refractivity contribution is 6.30. The van der Waals surface area contributed by atoms with Crippen LogP contribution in [0.1, 0.15) is 39.0 Å². The molecule has 4 amide bonds. The third kappa shape index (κ3) is 5.43. The van der Waals surface area contributed by atoms with Crippen LogP contribution in [0.2, 0.25) is 5.02 Å². The summed E-state index contributed by atoms with van der Waals surface area (Å²) >= 11 is 5.81. The van der Waals surface area contributed by atoms with Crippen molar-refractivity contribution in [3.8, 4) is 0 Å². The van der Waals surface area contributed by atoms with Gasteiger partial charge >= 0.3 is 12.0 Å². The highest BCUT2D eigenvalue weighted by atomic mass is 35.5. The Hall–Kier alpha value is -2.61. The van der Waals surface area contributed by atoms with Crippen LogP contribution in [0.3, 0.4) is 0 Å². The van der Waals surface area contributed by atoms with E-state index in [-0.39, 0.29) is 12.8 Å². The van der Waals surface area contributed by atoms with Gasteiger partial charge in [-0.05, 0) is 37.1 Å². The van der Waals surface area contributed by atoms with Crippen molar-refractivity contribution >= 4 is 41.1 Å². The van der Waals surface area contributed by atoms with Crippen molar-refractivity contribution in [3.63, 3.8) is 0 Å². The maximum atomic E-state index is 12.5. The fourth-order valence-corrected chi connectivity index (χ4v) is 2.90. The van der Waals surface area contributed by atoms with E-state index < -0.39 is 35.9 Å². The van der Waals surface area contributed by atoms with E-state index in [0.717, 1.165) is 11.3 Å². The largest absolute Gasteiger partial charge is 0.480 e. The summed E-state index contributed by atoms with van der Waals surface area (Å²) in [7, 11) is 0. The second-order valence-electron chi connectivity index (χ2n) is 6.29. The minimum Gasteiger partial charge on any atom is -0.480 e. The molecule has 27 heavy (non-hydrogen) atoms. The molecule has 1 unspecified atom stereocenters. The lowest BCUT2D eigenvalue weighted by Crippen LogP contribution is -2.41. The first kappa shape index (κ1) is 20.7. The molecule has 3 N–H and O–H groups in total. The SMILES string of the molecule is CCCC[C@H](NC(=O)CCC1NC(=O)N(c2ccc(Cl)cc2)C1=O)C(=O)O. The minimum atomic E-state index is -1.09. The maximum absolute atomic E-state index is 12.5. The Bertz CT molecular complexity index is 722. The number of anilines is 1. The van der Waals surface area contributed by atoms with Gasteiger partial charge in [0, 0.05) is 11.4 Å². The molecule has 1 heterocycles. The summed E-state index contributed by atoms with van der Waals surface area (Å²) in [6, 6.07) is 3.90. The van der Waals surface area contributed by atoms with Gasteiger partial charge in [0.05, 0.1) is 5.69 Å². The van der Waals surface area contributed by atoms with E-state index in [1.54, 1.807) is 24.3 Å². The number of rotatable bonds is 9. The molecule has 0 aromatic heterocycles. The molecule has 9 heteroatoms. The van der Waals surface area contributed by atoms with Gasteiger partial charge < -0.3 is 15.7 Å². The number of benzene rings is 1. The van der Waals surface area contributed by atoms with E-state index in [9.17, 15) is 19.2 Å². The average molecular weight is 396 g/mol. The molecule has 2 atom stereocenters. The predicted octanol–water partition coefficient (Wildman–Crippen LogP) is 2.30. The summed E-state index contributed by atoms with van der Waals surface area (Å²) in [5.74, 6) is -2.02. The summed E-state index contributed by atoms with van der Waals surface area (Å²) in [4.78, 5) is 48.8. The number of hydrogen-bond donors (Lipinski definition) is 3. The molecule has 1 aliphatic rings. The number of unbranched alkanes of at least 4 members (excludes halogenated alkanes) is 1. The molecule has 146 valence electrons. The second-order valence-corrected chi connectivity index (χ2v) is 6.73. The van der Waals surface area contributed by atoms with Gasteiger partial charge in [-0.25, -0.2) is 14.5 Å². The van der Waals surface area contributed by atoms with E-state index in [1.165, 1.54) is 0 Å². The van der Waals surface area contributed by atoms with E-state index >= 15 is 0 Å². The van der Waals surface area contributed by atoms with Gasteiger partial charge in [0.2, 0.25) is 5.91 Å². The number of amides is 4. The van der Waals surface area contributed by atoms with Crippen LogP contribution in [0.25, 0.3) is 0 Å². The van der Waals surface area contributed by atoms with E-state index in [1.807, 2.05) is 6.92 Å². The zero-order valence-electron chi connectivity index (χ0n) is 14.9. The van der Waals surface area contributed by atoms with Crippen LogP contribution in [-0.4, -0.2) is 41.0 Å². The average Bonchev–Trinajstić information content (AvgIpc) is 2.91. The fraction of sp³-hybridized carbons (Fsp3) is 0.444. The summed E-state index contributed by atoms with van der Waals surface area (Å²) in [6.45, 7) is 1.93. The van der Waals surface area contributed by atoms with E-state index in [2.05, 4.69) is 10.6 Å². The number of nitrogens with one attached hydrogen (secondary N) is 2. The van der Waals surface area contributed by atoms with Gasteiger partial charge in [-0.3, -0.25) is 9.59 Å². The molecule has 1 aliphatic heterocycles. The van der Waals surface area contributed by atoms with Crippen LogP contribution in [-0.2, 0) is 14.4 Å². The first-order valence-electron chi connectivity index (χ1n) is 8.75. The number of carbonyl (C=O) groups excluding carboxylic acids is 3. The number of aliphatic carboxylic acids is 1. The van der Waals surface area contributed by atoms with Gasteiger partial charge in [0.25, 0.3) is 5.91 Å². The van der Waals surface area contributed by atoms with Crippen molar-refractivity contribution < 1.29 is 24.3 Å². The first-order valence-corrected chi connectivity index (χ1v) is 9.13. The lowest BCUT2D eigenvalue weighted by atomic mass is 10.1. The van der Waals surface area contributed by atoms with Crippen molar-refractivity contribution in [2.45, 2.75) is 51.1 Å². The topological polar surface area (TPSA) is 116 Å². The summed E-state index contributed by atoms with van der Waals surface area (Å²) in [5, 5.41) is 14.6. The number of carboxylic acid groups (broad SMARTS) is 1. The highest BCUT2D eigenvalue weighted by Crippen LogP contribution is 2.23. The molecule has 0 spiro atoms. The van der Waals surface area contributed by atoms with Gasteiger partial charge in [-0.2, -0.15) is 0 Å². The molecule has 0 saturated carbocycles. The lowest BCUT2D eigenvalue weighted by molar-refractivity contribution is -0.142. The number of carbonyl (C=O) groups is 4. The number of urea groups is 1. The smallest absolute Gasteiger partial charge is 0.329 e. The van der Waals surface area contributed by atoms with Crippen LogP contribution in [0, 0.1) is 0 Å². The van der Waals surface area contributed by atoms with Crippen LogP contribution in [0.5, 0.6) is 0 Å². The van der Waals surface area contributed by atoms with Gasteiger partial charge in [0.15, 0.2) is 0 Å². The van der Waals surface area contributed by atoms with Crippen molar-refractivity contribution in [1.82, 2.24) is 10.6 Å². The first-order chi connectivity index (χ1) is 12.8. The fourth-order valence-electron chi connectivity index (χ4n) is 2.77. The highest BCUT2D eigenvalue weighted by Gasteiger charge is 2.39. The Morgan fingerprint density at radius 1 is 1.30 bits per heavy atom. The molecule has 0 radical (unpaired) electrons. The van der Waals surface area contributed by atoms with E-state index in [0.29, 0.717) is 23.6 Å². The molecular formula is C18H22ClN3O5. The molecule has 1 aromatic carbocycles. The summed E-state index contributed by atoms with van der Waals surface area (Å²) < 4.78 is 0. The zero-order valence-corrected chi connectivity index (χ0v) is 15.7. The number of nitrogens with zero attached hydrogens (tertiary/aromatic N) is 1. The number of hydrogen-bond acceptors (Lipinski definition) is 4. The molecule has 1 fully saturated rings. The van der Waals surface area contributed by atoms with Crippen molar-refractivity contribution in [1.29, 1.82) is 0 Å². The summed E-state index contributed by atoms with van der Waals surface area (Å²) in [5.41, 5.74) is 0.388. The standard InChI is InChI=1S/C18H22ClN3O5/c1-2-3-4-14(17(25)26)20-15(23)10-9-13-16(24)22(18(27)21-13)12-7-5-11(19)6-8-12/h5-8,13-14H,2-4,9-10H2,1H3,(H,20,23)(H,21,27)(H,25,26)/t13?,14-/m0/s1. The van der Waals surface area contributed by atoms with Gasteiger partial charge in [-0.1, -0.05) is 31.4 Å². The minimum absolute atomic E-state index is 0.0684. The number of carboxylic acids is 1. The monoisotopic (exact) mass is 395 g/mol. The van der Waals surface area contributed by atoms with Crippen LogP contribution < -0.4 is 15.5 Å². The Balaban J connectivity index is 1.91. The van der Waals surface area contributed by atoms with Crippen LogP contribution in [0.15, 0.2) is 24.3 Å². The van der Waals surface area contributed by atoms with Crippen molar-refractivity contribution in [2.75, 3.05) is 4.90 Å². The maximum Gasteiger partial charge on any atom is 0.329 e. The molecule has 1 saturated heterocycles. The Kier molecular flexibility index (Phi) is 7.18. The Labute approximate surface area is 161 Å². The molecule has 1 aromatic rings. The van der Waals surface area contributed by atoms with Crippen LogP contribution >= 0.6 is 11.6 Å². The predicted molar refractivity (Wildman–Crippen MR) is 99.6 cm³/mol. The van der Waals surface area contributed by atoms with Gasteiger partial charge in [-0.15, -0.1) is 0 Å². The van der Waals surface area contributed by atoms with Gasteiger partial charge in [0.1, 0.15) is 12.1 Å². The van der Waals surface area contributed by atoms with Crippen LogP contribution in [0.4, 0.5) is 10.5 Å². The molecule has 0 aliphatic carbocycles. The normalized spacial score (nSPS) is 17.6. The molecule has 8 nitrogen and oxygen atoms in total. The molecule has 2 rings (SSSR count). The number of imide groups is 1.